The van der Waals surface area contributed by atoms with E-state index in [1.165, 1.54) is 0 Å². The molecule has 2 amide bonds. The highest BCUT2D eigenvalue weighted by Crippen LogP contribution is 2.18. The van der Waals surface area contributed by atoms with Gasteiger partial charge in [-0.1, -0.05) is 0 Å². The molecule has 8 heteroatoms. The number of aromatic nitrogens is 2. The number of H-pyrrole nitrogens is 1. The predicted molar refractivity (Wildman–Crippen MR) is 93.3 cm³/mol. The van der Waals surface area contributed by atoms with E-state index in [1.807, 2.05) is 0 Å². The molecule has 2 aliphatic rings. The molecule has 0 aliphatic carbocycles. The highest BCUT2D eigenvalue weighted by molar-refractivity contribution is 5.74. The van der Waals surface area contributed by atoms with Gasteiger partial charge >= 0.3 is 6.03 Å². The quantitative estimate of drug-likeness (QED) is 0.806. The second-order valence-electron chi connectivity index (χ2n) is 6.92. The number of carbonyl (C=O) groups is 1. The van der Waals surface area contributed by atoms with Crippen LogP contribution in [-0.2, 0) is 17.8 Å². The fourth-order valence-electron chi connectivity index (χ4n) is 3.62. The van der Waals surface area contributed by atoms with Gasteiger partial charge in [-0.3, -0.25) is 4.79 Å². The van der Waals surface area contributed by atoms with Gasteiger partial charge in [-0.05, 0) is 32.2 Å². The summed E-state index contributed by atoms with van der Waals surface area (Å²) >= 11 is 0. The van der Waals surface area contributed by atoms with Crippen molar-refractivity contribution in [2.75, 3.05) is 39.9 Å². The molecule has 1 fully saturated rings. The van der Waals surface area contributed by atoms with Crippen LogP contribution in [0.4, 0.5) is 4.79 Å². The molecule has 0 aromatic carbocycles. The maximum absolute atomic E-state index is 12.4. The molecule has 2 aliphatic heterocycles. The van der Waals surface area contributed by atoms with Crippen LogP contribution in [0.1, 0.15) is 29.9 Å². The maximum atomic E-state index is 12.4. The van der Waals surface area contributed by atoms with Crippen LogP contribution in [0, 0.1) is 12.8 Å². The molecule has 1 atom stereocenters. The topological polar surface area (TPSA) is 90.6 Å². The number of fused-ring (bicyclic) bond motifs is 1. The summed E-state index contributed by atoms with van der Waals surface area (Å²) in [6, 6.07) is -0.121. The fraction of sp³-hybridized carbons (Fsp3) is 0.706. The number of methoxy groups -OCH3 is 1. The van der Waals surface area contributed by atoms with Gasteiger partial charge < -0.3 is 24.8 Å². The smallest absolute Gasteiger partial charge is 0.318 e. The first-order valence-corrected chi connectivity index (χ1v) is 8.89. The SMILES string of the molecule is COCCN1CCCC(CNC(=O)N2Cc3nc(C)[nH]c(=O)c3C2)C1. The molecule has 0 radical (unpaired) electrons. The van der Waals surface area contributed by atoms with Gasteiger partial charge in [0, 0.05) is 26.7 Å². The Balaban J connectivity index is 1.49. The van der Waals surface area contributed by atoms with Gasteiger partial charge in [0.2, 0.25) is 0 Å². The number of hydrogen-bond acceptors (Lipinski definition) is 5. The lowest BCUT2D eigenvalue weighted by molar-refractivity contribution is 0.113. The van der Waals surface area contributed by atoms with Crippen molar-refractivity contribution < 1.29 is 9.53 Å². The van der Waals surface area contributed by atoms with Crippen molar-refractivity contribution in [2.24, 2.45) is 5.92 Å². The number of urea groups is 1. The third-order valence-corrected chi connectivity index (χ3v) is 4.95. The summed E-state index contributed by atoms with van der Waals surface area (Å²) in [6.45, 7) is 6.92. The lowest BCUT2D eigenvalue weighted by atomic mass is 9.98. The minimum Gasteiger partial charge on any atom is -0.383 e. The molecule has 1 aromatic rings. The van der Waals surface area contributed by atoms with Gasteiger partial charge in [-0.25, -0.2) is 9.78 Å². The predicted octanol–water partition coefficient (Wildman–Crippen LogP) is 0.462. The zero-order valence-corrected chi connectivity index (χ0v) is 15.0. The Labute approximate surface area is 147 Å². The highest BCUT2D eigenvalue weighted by Gasteiger charge is 2.28. The van der Waals surface area contributed by atoms with E-state index in [0.29, 0.717) is 42.6 Å². The molecular formula is C17H27N5O3. The average Bonchev–Trinajstić information content (AvgIpc) is 3.02. The molecule has 138 valence electrons. The highest BCUT2D eigenvalue weighted by atomic mass is 16.5. The standard InChI is InChI=1S/C17H27N5O3/c1-12-19-15-11-22(10-14(15)16(23)20-12)17(24)18-8-13-4-3-5-21(9-13)6-7-25-2/h13H,3-11H2,1-2H3,(H,18,24)(H,19,20,23). The summed E-state index contributed by atoms with van der Waals surface area (Å²) in [5, 5.41) is 3.03. The van der Waals surface area contributed by atoms with Crippen molar-refractivity contribution in [3.05, 3.63) is 27.4 Å². The molecule has 0 bridgehead atoms. The molecule has 0 spiro atoms. The molecule has 8 nitrogen and oxygen atoms in total. The summed E-state index contributed by atoms with van der Waals surface area (Å²) < 4.78 is 5.14. The monoisotopic (exact) mass is 349 g/mol. The summed E-state index contributed by atoms with van der Waals surface area (Å²) in [4.78, 5) is 35.5. The number of nitrogens with one attached hydrogen (secondary N) is 2. The van der Waals surface area contributed by atoms with Crippen LogP contribution >= 0.6 is 0 Å². The number of piperidine rings is 1. The van der Waals surface area contributed by atoms with Gasteiger partial charge in [0.05, 0.1) is 31.0 Å². The Morgan fingerprint density at radius 2 is 2.28 bits per heavy atom. The summed E-state index contributed by atoms with van der Waals surface area (Å²) in [5.74, 6) is 1.05. The normalized spacial score (nSPS) is 20.6. The molecule has 1 unspecified atom stereocenters. The van der Waals surface area contributed by atoms with Gasteiger partial charge in [0.15, 0.2) is 0 Å². The van der Waals surface area contributed by atoms with Crippen LogP contribution in [0.25, 0.3) is 0 Å². The molecule has 25 heavy (non-hydrogen) atoms. The van der Waals surface area contributed by atoms with E-state index in [4.69, 9.17) is 4.74 Å². The number of aryl methyl sites for hydroxylation is 1. The minimum atomic E-state index is -0.140. The van der Waals surface area contributed by atoms with Crippen LogP contribution in [0.15, 0.2) is 4.79 Å². The first-order chi connectivity index (χ1) is 12.1. The Kier molecular flexibility index (Phi) is 5.70. The van der Waals surface area contributed by atoms with E-state index in [9.17, 15) is 9.59 Å². The van der Waals surface area contributed by atoms with Crippen LogP contribution in [0.5, 0.6) is 0 Å². The molecule has 2 N–H and O–H groups in total. The van der Waals surface area contributed by atoms with Crippen LogP contribution < -0.4 is 10.9 Å². The van der Waals surface area contributed by atoms with E-state index in [0.717, 1.165) is 39.1 Å². The van der Waals surface area contributed by atoms with Crippen molar-refractivity contribution in [1.82, 2.24) is 25.1 Å². The zero-order chi connectivity index (χ0) is 17.8. The number of ether oxygens (including phenoxy) is 1. The first-order valence-electron chi connectivity index (χ1n) is 8.89. The van der Waals surface area contributed by atoms with E-state index in [2.05, 4.69) is 20.2 Å². The zero-order valence-electron chi connectivity index (χ0n) is 15.0. The molecule has 3 heterocycles. The second-order valence-corrected chi connectivity index (χ2v) is 6.92. The average molecular weight is 349 g/mol. The number of rotatable bonds is 5. The largest absolute Gasteiger partial charge is 0.383 e. The Morgan fingerprint density at radius 3 is 3.08 bits per heavy atom. The Bertz CT molecular complexity index is 675. The lowest BCUT2D eigenvalue weighted by Gasteiger charge is -2.32. The molecule has 1 aromatic heterocycles. The molecule has 3 rings (SSSR count). The van der Waals surface area contributed by atoms with Crippen molar-refractivity contribution in [2.45, 2.75) is 32.9 Å². The lowest BCUT2D eigenvalue weighted by Crippen LogP contribution is -2.44. The fourth-order valence-corrected chi connectivity index (χ4v) is 3.62. The van der Waals surface area contributed by atoms with Crippen LogP contribution in [0.3, 0.4) is 0 Å². The van der Waals surface area contributed by atoms with Crippen molar-refractivity contribution in [1.29, 1.82) is 0 Å². The van der Waals surface area contributed by atoms with E-state index in [1.54, 1.807) is 18.9 Å². The number of likely N-dealkylation sites (tertiary alicyclic amines) is 1. The number of amides is 2. The van der Waals surface area contributed by atoms with E-state index in [-0.39, 0.29) is 11.6 Å². The number of aromatic amines is 1. The van der Waals surface area contributed by atoms with Gasteiger partial charge in [-0.2, -0.15) is 0 Å². The summed E-state index contributed by atoms with van der Waals surface area (Å²) in [6.07, 6.45) is 2.28. The number of carbonyl (C=O) groups excluding carboxylic acids is 1. The van der Waals surface area contributed by atoms with E-state index < -0.39 is 0 Å². The van der Waals surface area contributed by atoms with Crippen molar-refractivity contribution in [3.8, 4) is 0 Å². The van der Waals surface area contributed by atoms with E-state index >= 15 is 0 Å². The van der Waals surface area contributed by atoms with Gasteiger partial charge in [0.1, 0.15) is 5.82 Å². The number of nitrogens with zero attached hydrogens (tertiary/aromatic N) is 3. The van der Waals surface area contributed by atoms with Gasteiger partial charge in [0.25, 0.3) is 5.56 Å². The second kappa shape index (κ2) is 7.97. The Morgan fingerprint density at radius 1 is 1.44 bits per heavy atom. The Hall–Kier alpha value is -1.93. The summed E-state index contributed by atoms with van der Waals surface area (Å²) in [5.41, 5.74) is 1.17. The van der Waals surface area contributed by atoms with Crippen LogP contribution in [0.2, 0.25) is 0 Å². The molecule has 0 saturated carbocycles. The third kappa shape index (κ3) is 4.38. The molecular weight excluding hydrogens is 322 g/mol. The first kappa shape index (κ1) is 17.9. The van der Waals surface area contributed by atoms with Crippen molar-refractivity contribution in [3.63, 3.8) is 0 Å². The summed E-state index contributed by atoms with van der Waals surface area (Å²) in [7, 11) is 1.72. The van der Waals surface area contributed by atoms with Crippen molar-refractivity contribution >= 4 is 6.03 Å². The molecule has 1 saturated heterocycles. The minimum absolute atomic E-state index is 0.121. The van der Waals surface area contributed by atoms with Gasteiger partial charge in [-0.15, -0.1) is 0 Å². The number of hydrogen-bond donors (Lipinski definition) is 2. The maximum Gasteiger partial charge on any atom is 0.318 e. The third-order valence-electron chi connectivity index (χ3n) is 4.95. The van der Waals surface area contributed by atoms with Crippen LogP contribution in [-0.4, -0.2) is 65.7 Å².